The van der Waals surface area contributed by atoms with Crippen molar-refractivity contribution in [2.24, 2.45) is 5.73 Å². The fraction of sp³-hybridized carbons (Fsp3) is 0.364. The van der Waals surface area contributed by atoms with E-state index < -0.39 is 0 Å². The van der Waals surface area contributed by atoms with Crippen LogP contribution in [0.2, 0.25) is 0 Å². The molecule has 1 atom stereocenters. The van der Waals surface area contributed by atoms with E-state index in [0.29, 0.717) is 29.2 Å². The molecule has 0 saturated heterocycles. The minimum Gasteiger partial charge on any atom is -0.494 e. The van der Waals surface area contributed by atoms with Crippen molar-refractivity contribution in [3.05, 3.63) is 24.1 Å². The van der Waals surface area contributed by atoms with Gasteiger partial charge in [-0.1, -0.05) is 6.07 Å². The number of para-hydroxylation sites is 1. The van der Waals surface area contributed by atoms with Gasteiger partial charge in [0, 0.05) is 6.61 Å². The number of aliphatic hydroxyl groups excluding tert-OH is 1. The van der Waals surface area contributed by atoms with Crippen LogP contribution in [0.4, 0.5) is 0 Å². The van der Waals surface area contributed by atoms with Gasteiger partial charge in [-0.15, -0.1) is 0 Å². The summed E-state index contributed by atoms with van der Waals surface area (Å²) in [5.41, 5.74) is 7.11. The highest BCUT2D eigenvalue weighted by molar-refractivity contribution is 5.79. The maximum atomic E-state index is 8.80. The highest BCUT2D eigenvalue weighted by Crippen LogP contribution is 2.27. The van der Waals surface area contributed by atoms with E-state index in [1.54, 1.807) is 13.2 Å². The number of nitrogens with two attached hydrogens (primary N) is 1. The average molecular weight is 222 g/mol. The van der Waals surface area contributed by atoms with Crippen LogP contribution in [0.1, 0.15) is 18.4 Å². The van der Waals surface area contributed by atoms with Crippen LogP contribution in [0.25, 0.3) is 11.1 Å². The Balaban J connectivity index is 2.43. The van der Waals surface area contributed by atoms with E-state index in [9.17, 15) is 0 Å². The van der Waals surface area contributed by atoms with E-state index in [2.05, 4.69) is 4.98 Å². The smallest absolute Gasteiger partial charge is 0.212 e. The Labute approximate surface area is 92.8 Å². The SMILES string of the molecule is COc1cccc2oc(C(N)CCO)nc12. The third-order valence-electron chi connectivity index (χ3n) is 2.38. The summed E-state index contributed by atoms with van der Waals surface area (Å²) in [6.07, 6.45) is 0.426. The van der Waals surface area contributed by atoms with Gasteiger partial charge in [-0.05, 0) is 18.6 Å². The second-order valence-corrected chi connectivity index (χ2v) is 3.48. The lowest BCUT2D eigenvalue weighted by atomic mass is 10.2. The van der Waals surface area contributed by atoms with Gasteiger partial charge in [-0.3, -0.25) is 0 Å². The van der Waals surface area contributed by atoms with Gasteiger partial charge in [-0.25, -0.2) is 4.98 Å². The quantitative estimate of drug-likeness (QED) is 0.812. The molecule has 2 rings (SSSR count). The number of methoxy groups -OCH3 is 1. The maximum absolute atomic E-state index is 8.80. The summed E-state index contributed by atoms with van der Waals surface area (Å²) in [5, 5.41) is 8.80. The van der Waals surface area contributed by atoms with E-state index in [0.717, 1.165) is 0 Å². The molecule has 1 aromatic carbocycles. The first kappa shape index (κ1) is 10.9. The normalized spacial score (nSPS) is 12.9. The molecule has 1 heterocycles. The van der Waals surface area contributed by atoms with E-state index in [-0.39, 0.29) is 12.6 Å². The first-order valence-corrected chi connectivity index (χ1v) is 5.06. The third kappa shape index (κ3) is 1.87. The van der Waals surface area contributed by atoms with E-state index >= 15 is 0 Å². The van der Waals surface area contributed by atoms with Crippen molar-refractivity contribution in [2.75, 3.05) is 13.7 Å². The fourth-order valence-electron chi connectivity index (χ4n) is 1.53. The first-order chi connectivity index (χ1) is 7.76. The highest BCUT2D eigenvalue weighted by atomic mass is 16.5. The molecule has 3 N–H and O–H groups in total. The Kier molecular flexibility index (Phi) is 3.07. The summed E-state index contributed by atoms with van der Waals surface area (Å²) in [6.45, 7) is 0.0109. The predicted octanol–water partition coefficient (Wildman–Crippen LogP) is 1.22. The fourth-order valence-corrected chi connectivity index (χ4v) is 1.53. The van der Waals surface area contributed by atoms with E-state index in [1.165, 1.54) is 0 Å². The molecule has 0 saturated carbocycles. The molecular formula is C11H14N2O3. The Morgan fingerprint density at radius 1 is 1.56 bits per heavy atom. The molecule has 0 fully saturated rings. The number of hydrogen-bond acceptors (Lipinski definition) is 5. The third-order valence-corrected chi connectivity index (χ3v) is 2.38. The number of hydrogen-bond donors (Lipinski definition) is 2. The molecule has 0 aliphatic heterocycles. The molecular weight excluding hydrogens is 208 g/mol. The molecule has 0 spiro atoms. The zero-order valence-corrected chi connectivity index (χ0v) is 9.01. The number of rotatable bonds is 4. The summed E-state index contributed by atoms with van der Waals surface area (Å²) < 4.78 is 10.7. The summed E-state index contributed by atoms with van der Waals surface area (Å²) in [7, 11) is 1.58. The van der Waals surface area contributed by atoms with Gasteiger partial charge < -0.3 is 20.0 Å². The molecule has 16 heavy (non-hydrogen) atoms. The second kappa shape index (κ2) is 4.51. The van der Waals surface area contributed by atoms with Gasteiger partial charge in [0.15, 0.2) is 11.1 Å². The van der Waals surface area contributed by atoms with Crippen LogP contribution < -0.4 is 10.5 Å². The van der Waals surface area contributed by atoms with Crippen molar-refractivity contribution >= 4 is 11.1 Å². The van der Waals surface area contributed by atoms with Crippen LogP contribution in [0, 0.1) is 0 Å². The van der Waals surface area contributed by atoms with Crippen LogP contribution in [0.3, 0.4) is 0 Å². The molecule has 0 aliphatic carbocycles. The van der Waals surface area contributed by atoms with Crippen molar-refractivity contribution < 1.29 is 14.3 Å². The van der Waals surface area contributed by atoms with Gasteiger partial charge in [0.05, 0.1) is 13.2 Å². The number of ether oxygens (including phenoxy) is 1. The number of oxazole rings is 1. The summed E-state index contributed by atoms with van der Waals surface area (Å²) >= 11 is 0. The molecule has 0 aliphatic rings. The lowest BCUT2D eigenvalue weighted by molar-refractivity contribution is 0.268. The van der Waals surface area contributed by atoms with E-state index in [4.69, 9.17) is 20.0 Å². The summed E-state index contributed by atoms with van der Waals surface area (Å²) in [5.74, 6) is 1.08. The molecule has 2 aromatic rings. The zero-order chi connectivity index (χ0) is 11.5. The molecule has 0 amide bonds. The Morgan fingerprint density at radius 3 is 3.06 bits per heavy atom. The molecule has 5 nitrogen and oxygen atoms in total. The number of fused-ring (bicyclic) bond motifs is 1. The van der Waals surface area contributed by atoms with Crippen molar-refractivity contribution in [3.8, 4) is 5.75 Å². The largest absolute Gasteiger partial charge is 0.494 e. The molecule has 5 heteroatoms. The average Bonchev–Trinajstić information content (AvgIpc) is 2.72. The van der Waals surface area contributed by atoms with Crippen LogP contribution in [-0.4, -0.2) is 23.8 Å². The summed E-state index contributed by atoms with van der Waals surface area (Å²) in [6, 6.07) is 5.06. The number of aliphatic hydroxyl groups is 1. The van der Waals surface area contributed by atoms with Crippen LogP contribution in [0.5, 0.6) is 5.75 Å². The van der Waals surface area contributed by atoms with Gasteiger partial charge in [0.1, 0.15) is 5.75 Å². The van der Waals surface area contributed by atoms with Gasteiger partial charge in [0.2, 0.25) is 5.89 Å². The minimum absolute atomic E-state index is 0.0109. The second-order valence-electron chi connectivity index (χ2n) is 3.48. The Hall–Kier alpha value is -1.59. The first-order valence-electron chi connectivity index (χ1n) is 5.06. The van der Waals surface area contributed by atoms with Gasteiger partial charge >= 0.3 is 0 Å². The summed E-state index contributed by atoms with van der Waals surface area (Å²) in [4.78, 5) is 4.27. The molecule has 86 valence electrons. The van der Waals surface area contributed by atoms with E-state index in [1.807, 2.05) is 12.1 Å². The molecule has 1 unspecified atom stereocenters. The molecule has 0 radical (unpaired) electrons. The van der Waals surface area contributed by atoms with Crippen molar-refractivity contribution in [2.45, 2.75) is 12.5 Å². The predicted molar refractivity (Wildman–Crippen MR) is 59.2 cm³/mol. The number of benzene rings is 1. The Bertz CT molecular complexity index is 481. The van der Waals surface area contributed by atoms with Crippen molar-refractivity contribution in [1.82, 2.24) is 4.98 Å². The molecule has 0 bridgehead atoms. The highest BCUT2D eigenvalue weighted by Gasteiger charge is 2.15. The standard InChI is InChI=1S/C11H14N2O3/c1-15-8-3-2-4-9-10(8)13-11(16-9)7(12)5-6-14/h2-4,7,14H,5-6,12H2,1H3. The van der Waals surface area contributed by atoms with Crippen LogP contribution in [0.15, 0.2) is 22.6 Å². The lowest BCUT2D eigenvalue weighted by Gasteiger charge is -2.02. The lowest BCUT2D eigenvalue weighted by Crippen LogP contribution is -2.12. The monoisotopic (exact) mass is 222 g/mol. The topological polar surface area (TPSA) is 81.5 Å². The number of nitrogens with zero attached hydrogens (tertiary/aromatic N) is 1. The van der Waals surface area contributed by atoms with Crippen molar-refractivity contribution in [3.63, 3.8) is 0 Å². The van der Waals surface area contributed by atoms with Gasteiger partial charge in [-0.2, -0.15) is 0 Å². The molecule has 1 aromatic heterocycles. The zero-order valence-electron chi connectivity index (χ0n) is 9.01. The van der Waals surface area contributed by atoms with Gasteiger partial charge in [0.25, 0.3) is 0 Å². The van der Waals surface area contributed by atoms with Crippen LogP contribution in [-0.2, 0) is 0 Å². The Morgan fingerprint density at radius 2 is 2.38 bits per heavy atom. The number of aromatic nitrogens is 1. The maximum Gasteiger partial charge on any atom is 0.212 e. The van der Waals surface area contributed by atoms with Crippen LogP contribution >= 0.6 is 0 Å². The minimum atomic E-state index is -0.387. The van der Waals surface area contributed by atoms with Crippen molar-refractivity contribution in [1.29, 1.82) is 0 Å².